The van der Waals surface area contributed by atoms with Gasteiger partial charge < -0.3 is 4.42 Å². The average molecular weight is 241 g/mol. The molecule has 0 saturated heterocycles. The van der Waals surface area contributed by atoms with Crippen molar-refractivity contribution in [2.45, 2.75) is 20.8 Å². The van der Waals surface area contributed by atoms with Crippen molar-refractivity contribution >= 4 is 11.6 Å². The van der Waals surface area contributed by atoms with Crippen LogP contribution in [0.5, 0.6) is 0 Å². The van der Waals surface area contributed by atoms with Gasteiger partial charge in [-0.25, -0.2) is 0 Å². The van der Waals surface area contributed by atoms with Crippen molar-refractivity contribution in [2.24, 2.45) is 0 Å². The summed E-state index contributed by atoms with van der Waals surface area (Å²) in [5.74, 6) is 0.282. The molecule has 4 nitrogen and oxygen atoms in total. The van der Waals surface area contributed by atoms with Gasteiger partial charge in [-0.05, 0) is 32.4 Å². The van der Waals surface area contributed by atoms with Crippen LogP contribution in [0.1, 0.15) is 49.1 Å². The van der Waals surface area contributed by atoms with Crippen molar-refractivity contribution in [1.82, 2.24) is 4.98 Å². The quantitative estimate of drug-likeness (QED) is 0.606. The molecule has 0 bridgehead atoms. The van der Waals surface area contributed by atoms with Crippen molar-refractivity contribution in [3.05, 3.63) is 51.7 Å². The molecule has 4 heteroatoms. The molecule has 0 unspecified atom stereocenters. The van der Waals surface area contributed by atoms with Crippen molar-refractivity contribution in [3.63, 3.8) is 0 Å². The van der Waals surface area contributed by atoms with Crippen molar-refractivity contribution in [3.8, 4) is 0 Å². The summed E-state index contributed by atoms with van der Waals surface area (Å²) < 4.78 is 5.43. The van der Waals surface area contributed by atoms with Crippen LogP contribution in [0, 0.1) is 20.8 Å². The highest BCUT2D eigenvalue weighted by Crippen LogP contribution is 2.32. The normalized spacial score (nSPS) is 13.5. The fraction of sp³-hybridized carbons (Fsp3) is 0.214. The molecule has 3 rings (SSSR count). The summed E-state index contributed by atoms with van der Waals surface area (Å²) in [6, 6.07) is 1.72. The number of carbonyl (C=O) groups excluding carboxylic acids is 2. The smallest absolute Gasteiger partial charge is 0.231 e. The number of rotatable bonds is 0. The van der Waals surface area contributed by atoms with Gasteiger partial charge in [0.25, 0.3) is 0 Å². The Balaban J connectivity index is 2.39. The maximum Gasteiger partial charge on any atom is 0.231 e. The summed E-state index contributed by atoms with van der Waals surface area (Å²) in [5, 5.41) is 0. The van der Waals surface area contributed by atoms with Crippen LogP contribution < -0.4 is 0 Å². The zero-order valence-electron chi connectivity index (χ0n) is 10.3. The Morgan fingerprint density at radius 2 is 1.78 bits per heavy atom. The van der Waals surface area contributed by atoms with Gasteiger partial charge in [0.1, 0.15) is 11.5 Å². The molecule has 2 heterocycles. The predicted molar refractivity (Wildman–Crippen MR) is 64.0 cm³/mol. The molecule has 1 aliphatic carbocycles. The number of aryl methyl sites for hydroxylation is 2. The molecule has 0 aliphatic heterocycles. The van der Waals surface area contributed by atoms with Gasteiger partial charge in [-0.3, -0.25) is 14.6 Å². The first-order valence-electron chi connectivity index (χ1n) is 5.67. The third kappa shape index (κ3) is 1.17. The zero-order chi connectivity index (χ0) is 13.0. The van der Waals surface area contributed by atoms with E-state index in [0.29, 0.717) is 16.9 Å². The fourth-order valence-electron chi connectivity index (χ4n) is 2.31. The van der Waals surface area contributed by atoms with Crippen LogP contribution in [0.2, 0.25) is 0 Å². The number of furan rings is 1. The lowest BCUT2D eigenvalue weighted by Gasteiger charge is -2.14. The summed E-state index contributed by atoms with van der Waals surface area (Å²) in [6.07, 6.45) is 1.55. The lowest BCUT2D eigenvalue weighted by molar-refractivity contribution is 0.0955. The van der Waals surface area contributed by atoms with Crippen LogP contribution >= 0.6 is 0 Å². The van der Waals surface area contributed by atoms with Gasteiger partial charge in [-0.15, -0.1) is 0 Å². The van der Waals surface area contributed by atoms with Crippen LogP contribution in [0.15, 0.2) is 16.7 Å². The number of carbonyl (C=O) groups is 2. The first kappa shape index (κ1) is 10.9. The Bertz CT molecular complexity index is 708. The van der Waals surface area contributed by atoms with E-state index in [-0.39, 0.29) is 23.0 Å². The van der Waals surface area contributed by atoms with Gasteiger partial charge >= 0.3 is 0 Å². The molecule has 2 aromatic heterocycles. The first-order chi connectivity index (χ1) is 8.52. The molecular weight excluding hydrogens is 230 g/mol. The second-order valence-electron chi connectivity index (χ2n) is 4.50. The highest BCUT2D eigenvalue weighted by molar-refractivity contribution is 6.27. The van der Waals surface area contributed by atoms with Crippen LogP contribution in [0.25, 0.3) is 0 Å². The van der Waals surface area contributed by atoms with Crippen molar-refractivity contribution in [2.75, 3.05) is 0 Å². The minimum Gasteiger partial charge on any atom is -0.457 e. The number of hydrogen-bond donors (Lipinski definition) is 0. The topological polar surface area (TPSA) is 60.2 Å². The second-order valence-corrected chi connectivity index (χ2v) is 4.50. The molecule has 0 N–H and O–H groups in total. The molecule has 1 aliphatic rings. The maximum atomic E-state index is 12.4. The van der Waals surface area contributed by atoms with E-state index in [1.807, 2.05) is 0 Å². The molecule has 0 radical (unpaired) electrons. The van der Waals surface area contributed by atoms with E-state index in [1.54, 1.807) is 33.0 Å². The standard InChI is InChI=1S/C14H11NO3/c1-6-4-5-15-11-9(6)13(17)14-10(12(11)16)7(2)8(3)18-14/h4-5H,1-3H3. The third-order valence-electron chi connectivity index (χ3n) is 3.42. The van der Waals surface area contributed by atoms with Gasteiger partial charge in [-0.1, -0.05) is 0 Å². The van der Waals surface area contributed by atoms with E-state index in [0.717, 1.165) is 11.1 Å². The maximum absolute atomic E-state index is 12.4. The molecular formula is C14H11NO3. The predicted octanol–water partition coefficient (Wildman–Crippen LogP) is 2.38. The molecule has 0 fully saturated rings. The summed E-state index contributed by atoms with van der Waals surface area (Å²) in [5.41, 5.74) is 2.43. The minimum atomic E-state index is -0.249. The van der Waals surface area contributed by atoms with Gasteiger partial charge in [0.05, 0.1) is 11.1 Å². The highest BCUT2D eigenvalue weighted by Gasteiger charge is 2.37. The SMILES string of the molecule is Cc1ccnc2c1C(=O)c1oc(C)c(C)c1C2=O. The van der Waals surface area contributed by atoms with E-state index in [4.69, 9.17) is 4.42 Å². The van der Waals surface area contributed by atoms with Gasteiger partial charge in [0.2, 0.25) is 11.6 Å². The molecule has 0 amide bonds. The number of aromatic nitrogens is 1. The number of pyridine rings is 1. The third-order valence-corrected chi connectivity index (χ3v) is 3.42. The van der Waals surface area contributed by atoms with Crippen LogP contribution in [0.3, 0.4) is 0 Å². The Morgan fingerprint density at radius 3 is 2.50 bits per heavy atom. The van der Waals surface area contributed by atoms with Crippen LogP contribution in [0.4, 0.5) is 0 Å². The first-order valence-corrected chi connectivity index (χ1v) is 5.67. The number of hydrogen-bond acceptors (Lipinski definition) is 4. The number of nitrogens with zero attached hydrogens (tertiary/aromatic N) is 1. The summed E-state index contributed by atoms with van der Waals surface area (Å²) >= 11 is 0. The van der Waals surface area contributed by atoms with E-state index in [2.05, 4.69) is 4.98 Å². The van der Waals surface area contributed by atoms with Gasteiger partial charge in [0.15, 0.2) is 5.76 Å². The summed E-state index contributed by atoms with van der Waals surface area (Å²) in [6.45, 7) is 5.32. The van der Waals surface area contributed by atoms with Crippen LogP contribution in [-0.2, 0) is 0 Å². The largest absolute Gasteiger partial charge is 0.457 e. The fourth-order valence-corrected chi connectivity index (χ4v) is 2.31. The summed E-state index contributed by atoms with van der Waals surface area (Å²) in [7, 11) is 0. The minimum absolute atomic E-state index is 0.151. The Hall–Kier alpha value is -2.23. The average Bonchev–Trinajstić information content (AvgIpc) is 2.63. The molecule has 0 spiro atoms. The molecule has 90 valence electrons. The molecule has 0 atom stereocenters. The number of ketones is 2. The van der Waals surface area contributed by atoms with E-state index >= 15 is 0 Å². The van der Waals surface area contributed by atoms with E-state index in [1.165, 1.54) is 0 Å². The molecule has 0 saturated carbocycles. The van der Waals surface area contributed by atoms with Crippen LogP contribution in [-0.4, -0.2) is 16.6 Å². The number of fused-ring (bicyclic) bond motifs is 2. The Kier molecular flexibility index (Phi) is 2.05. The molecule has 0 aromatic carbocycles. The lowest BCUT2D eigenvalue weighted by atomic mass is 9.88. The van der Waals surface area contributed by atoms with Crippen molar-refractivity contribution < 1.29 is 14.0 Å². The Labute approximate surface area is 104 Å². The second kappa shape index (κ2) is 3.38. The van der Waals surface area contributed by atoms with E-state index in [9.17, 15) is 9.59 Å². The van der Waals surface area contributed by atoms with Gasteiger partial charge in [-0.2, -0.15) is 0 Å². The Morgan fingerprint density at radius 1 is 1.06 bits per heavy atom. The molecule has 18 heavy (non-hydrogen) atoms. The van der Waals surface area contributed by atoms with Crippen molar-refractivity contribution in [1.29, 1.82) is 0 Å². The summed E-state index contributed by atoms with van der Waals surface area (Å²) in [4.78, 5) is 28.8. The zero-order valence-corrected chi connectivity index (χ0v) is 10.3. The van der Waals surface area contributed by atoms with E-state index < -0.39 is 0 Å². The van der Waals surface area contributed by atoms with Gasteiger partial charge in [0, 0.05) is 11.8 Å². The molecule has 2 aromatic rings. The lowest BCUT2D eigenvalue weighted by Crippen LogP contribution is -2.22. The highest BCUT2D eigenvalue weighted by atomic mass is 16.3. The monoisotopic (exact) mass is 241 g/mol.